The van der Waals surface area contributed by atoms with Crippen molar-refractivity contribution in [3.63, 3.8) is 0 Å². The van der Waals surface area contributed by atoms with Gasteiger partial charge in [0, 0.05) is 13.1 Å². The molecule has 4 heteroatoms. The van der Waals surface area contributed by atoms with Gasteiger partial charge in [0.2, 0.25) is 0 Å². The second-order valence-corrected chi connectivity index (χ2v) is 5.43. The van der Waals surface area contributed by atoms with Crippen molar-refractivity contribution < 1.29 is 9.47 Å². The highest BCUT2D eigenvalue weighted by molar-refractivity contribution is 6.34. The fourth-order valence-corrected chi connectivity index (χ4v) is 2.64. The summed E-state index contributed by atoms with van der Waals surface area (Å²) in [5.74, 6) is 0.786. The van der Waals surface area contributed by atoms with Crippen LogP contribution in [-0.2, 0) is 4.74 Å². The maximum Gasteiger partial charge on any atom is 0.140 e. The highest BCUT2D eigenvalue weighted by Gasteiger charge is 2.24. The molecule has 1 aromatic carbocycles. The topological polar surface area (TPSA) is 25.0 Å². The Hall–Kier alpha value is -0.930. The Bertz CT molecular complexity index is 440. The van der Waals surface area contributed by atoms with Crippen molar-refractivity contribution in [2.75, 3.05) is 31.2 Å². The molecule has 3 rings (SSSR count). The van der Waals surface area contributed by atoms with Crippen molar-refractivity contribution in [3.8, 4) is 5.75 Å². The van der Waals surface area contributed by atoms with Crippen LogP contribution < -0.4 is 9.64 Å². The van der Waals surface area contributed by atoms with Gasteiger partial charge in [-0.05, 0) is 37.5 Å². The molecule has 2 saturated heterocycles. The van der Waals surface area contributed by atoms with Gasteiger partial charge in [0.15, 0.2) is 0 Å². The van der Waals surface area contributed by atoms with E-state index in [4.69, 9.17) is 21.1 Å². The summed E-state index contributed by atoms with van der Waals surface area (Å²) in [6.07, 6.45) is 2.75. The number of rotatable bonds is 4. The lowest BCUT2D eigenvalue weighted by atomic mass is 10.2. The molecule has 18 heavy (non-hydrogen) atoms. The van der Waals surface area contributed by atoms with Crippen LogP contribution in [0, 0.1) is 6.92 Å². The van der Waals surface area contributed by atoms with Crippen LogP contribution >= 0.6 is 11.6 Å². The second-order valence-electron chi connectivity index (χ2n) is 5.06. The molecule has 2 heterocycles. The highest BCUT2D eigenvalue weighted by atomic mass is 35.5. The first-order valence-corrected chi connectivity index (χ1v) is 6.91. The minimum atomic E-state index is 0.261. The van der Waals surface area contributed by atoms with Gasteiger partial charge >= 0.3 is 0 Å². The second kappa shape index (κ2) is 4.98. The predicted octanol–water partition coefficient (Wildman–Crippen LogP) is 3.03. The Kier molecular flexibility index (Phi) is 3.35. The molecule has 0 aliphatic carbocycles. The van der Waals surface area contributed by atoms with Crippen molar-refractivity contribution in [2.24, 2.45) is 0 Å². The number of hydrogen-bond donors (Lipinski definition) is 0. The first-order valence-electron chi connectivity index (χ1n) is 6.53. The number of hydrogen-bond acceptors (Lipinski definition) is 3. The Morgan fingerprint density at radius 3 is 2.78 bits per heavy atom. The summed E-state index contributed by atoms with van der Waals surface area (Å²) in [5.41, 5.74) is 2.30. The summed E-state index contributed by atoms with van der Waals surface area (Å²) < 4.78 is 10.9. The van der Waals surface area contributed by atoms with Crippen molar-refractivity contribution >= 4 is 17.3 Å². The number of ether oxygens (including phenoxy) is 2. The fraction of sp³-hybridized carbons (Fsp3) is 0.571. The van der Waals surface area contributed by atoms with Crippen molar-refractivity contribution in [1.29, 1.82) is 0 Å². The molecule has 0 radical (unpaired) electrons. The van der Waals surface area contributed by atoms with Crippen LogP contribution in [-0.4, -0.2) is 32.4 Å². The molecule has 1 unspecified atom stereocenters. The van der Waals surface area contributed by atoms with Crippen LogP contribution in [0.3, 0.4) is 0 Å². The number of anilines is 1. The SMILES string of the molecule is Cc1cc(OCC2CO2)c(Cl)c(N2CCCC2)c1. The van der Waals surface area contributed by atoms with Crippen LogP contribution in [0.25, 0.3) is 0 Å². The Morgan fingerprint density at radius 1 is 1.39 bits per heavy atom. The standard InChI is InChI=1S/C14H18ClNO2/c1-10-6-12(16-4-2-3-5-16)14(15)13(7-10)18-9-11-8-17-11/h6-7,11H,2-5,8-9H2,1H3. The van der Waals surface area contributed by atoms with Gasteiger partial charge in [-0.15, -0.1) is 0 Å². The van der Waals surface area contributed by atoms with Crippen LogP contribution in [0.1, 0.15) is 18.4 Å². The van der Waals surface area contributed by atoms with Crippen LogP contribution in [0.5, 0.6) is 5.75 Å². The minimum Gasteiger partial charge on any atom is -0.489 e. The van der Waals surface area contributed by atoms with E-state index in [2.05, 4.69) is 17.9 Å². The molecular formula is C14H18ClNO2. The van der Waals surface area contributed by atoms with Gasteiger partial charge < -0.3 is 14.4 Å². The van der Waals surface area contributed by atoms with Crippen molar-refractivity contribution in [1.82, 2.24) is 0 Å². The Balaban J connectivity index is 1.82. The molecule has 2 aliphatic rings. The van der Waals surface area contributed by atoms with Crippen molar-refractivity contribution in [2.45, 2.75) is 25.9 Å². The molecule has 0 bridgehead atoms. The normalized spacial score (nSPS) is 22.3. The monoisotopic (exact) mass is 267 g/mol. The molecule has 2 fully saturated rings. The first-order chi connectivity index (χ1) is 8.74. The zero-order valence-corrected chi connectivity index (χ0v) is 11.4. The van der Waals surface area contributed by atoms with Gasteiger partial charge in [0.25, 0.3) is 0 Å². The van der Waals surface area contributed by atoms with E-state index in [1.807, 2.05) is 6.07 Å². The lowest BCUT2D eigenvalue weighted by Gasteiger charge is -2.21. The molecule has 1 aromatic rings. The average molecular weight is 268 g/mol. The summed E-state index contributed by atoms with van der Waals surface area (Å²) in [6.45, 7) is 5.67. The van der Waals surface area contributed by atoms with E-state index in [-0.39, 0.29) is 6.10 Å². The predicted molar refractivity (Wildman–Crippen MR) is 72.9 cm³/mol. The van der Waals surface area contributed by atoms with Gasteiger partial charge in [-0.3, -0.25) is 0 Å². The zero-order chi connectivity index (χ0) is 12.5. The molecule has 0 amide bonds. The molecule has 0 saturated carbocycles. The van der Waals surface area contributed by atoms with Gasteiger partial charge in [0.05, 0.1) is 12.3 Å². The molecule has 98 valence electrons. The lowest BCUT2D eigenvalue weighted by Crippen LogP contribution is -2.18. The summed E-state index contributed by atoms with van der Waals surface area (Å²) in [7, 11) is 0. The third-order valence-corrected chi connectivity index (χ3v) is 3.82. The van der Waals surface area contributed by atoms with Gasteiger partial charge in [-0.1, -0.05) is 11.6 Å². The van der Waals surface area contributed by atoms with E-state index in [9.17, 15) is 0 Å². The third kappa shape index (κ3) is 2.57. The lowest BCUT2D eigenvalue weighted by molar-refractivity contribution is 0.263. The third-order valence-electron chi connectivity index (χ3n) is 3.44. The largest absolute Gasteiger partial charge is 0.489 e. The number of halogens is 1. The molecule has 0 spiro atoms. The quantitative estimate of drug-likeness (QED) is 0.784. The smallest absolute Gasteiger partial charge is 0.140 e. The van der Waals surface area contributed by atoms with E-state index in [1.165, 1.54) is 18.4 Å². The molecule has 3 nitrogen and oxygen atoms in total. The number of nitrogens with zero attached hydrogens (tertiary/aromatic N) is 1. The van der Waals surface area contributed by atoms with E-state index >= 15 is 0 Å². The summed E-state index contributed by atoms with van der Waals surface area (Å²) in [5, 5.41) is 0.739. The summed E-state index contributed by atoms with van der Waals surface area (Å²) in [6, 6.07) is 4.15. The number of epoxide rings is 1. The fourth-order valence-electron chi connectivity index (χ4n) is 2.36. The van der Waals surface area contributed by atoms with Gasteiger partial charge in [0.1, 0.15) is 23.5 Å². The average Bonchev–Trinajstić information content (AvgIpc) is 3.02. The maximum absolute atomic E-state index is 6.46. The van der Waals surface area contributed by atoms with Crippen LogP contribution in [0.2, 0.25) is 5.02 Å². The van der Waals surface area contributed by atoms with Crippen molar-refractivity contribution in [3.05, 3.63) is 22.7 Å². The van der Waals surface area contributed by atoms with Gasteiger partial charge in [-0.25, -0.2) is 0 Å². The molecular weight excluding hydrogens is 250 g/mol. The summed E-state index contributed by atoms with van der Waals surface area (Å²) >= 11 is 6.46. The van der Waals surface area contributed by atoms with E-state index in [0.29, 0.717) is 6.61 Å². The Morgan fingerprint density at radius 2 is 2.11 bits per heavy atom. The zero-order valence-electron chi connectivity index (χ0n) is 10.6. The van der Waals surface area contributed by atoms with E-state index in [0.717, 1.165) is 36.2 Å². The van der Waals surface area contributed by atoms with E-state index in [1.54, 1.807) is 0 Å². The highest BCUT2D eigenvalue weighted by Crippen LogP contribution is 2.37. The summed E-state index contributed by atoms with van der Waals surface area (Å²) in [4.78, 5) is 2.34. The molecule has 0 N–H and O–H groups in total. The van der Waals surface area contributed by atoms with Crippen LogP contribution in [0.4, 0.5) is 5.69 Å². The maximum atomic E-state index is 6.46. The molecule has 2 aliphatic heterocycles. The number of aryl methyl sites for hydroxylation is 1. The molecule has 1 atom stereocenters. The Labute approximate surface area is 113 Å². The number of benzene rings is 1. The first kappa shape index (κ1) is 12.1. The minimum absolute atomic E-state index is 0.261. The van der Waals surface area contributed by atoms with Crippen LogP contribution in [0.15, 0.2) is 12.1 Å². The van der Waals surface area contributed by atoms with Gasteiger partial charge in [-0.2, -0.15) is 0 Å². The van der Waals surface area contributed by atoms with E-state index < -0.39 is 0 Å². The molecule has 0 aromatic heterocycles.